The second kappa shape index (κ2) is 4.97. The van der Waals surface area contributed by atoms with Crippen LogP contribution in [0, 0.1) is 10.8 Å². The second-order valence-electron chi connectivity index (χ2n) is 7.71. The molecule has 2 aliphatic carbocycles. The number of nitrogens with two attached hydrogens (primary N) is 1. The molecule has 0 aromatic rings. The van der Waals surface area contributed by atoms with Crippen LogP contribution in [0.15, 0.2) is 11.8 Å². The van der Waals surface area contributed by atoms with E-state index in [-0.39, 0.29) is 50.4 Å². The average molecular weight is 346 g/mol. The maximum absolute atomic E-state index is 13.2. The van der Waals surface area contributed by atoms with Gasteiger partial charge < -0.3 is 15.4 Å². The molecule has 24 heavy (non-hydrogen) atoms. The largest absolute Gasteiger partial charge is 0.403 e. The fourth-order valence-corrected chi connectivity index (χ4v) is 3.84. The van der Waals surface area contributed by atoms with Gasteiger partial charge in [0.1, 0.15) is 11.0 Å². The molecule has 1 atom stereocenters. The lowest BCUT2D eigenvalue weighted by molar-refractivity contribution is -0.204. The molecule has 0 aromatic carbocycles. The molecule has 2 fully saturated rings. The number of hydrogen-bond donors (Lipinski definition) is 1. The number of morpholine rings is 1. The molecular formula is C16H21F3N2O3. The van der Waals surface area contributed by atoms with Crippen LogP contribution >= 0.6 is 0 Å². The number of halogens is 3. The maximum Gasteiger partial charge on any atom is 0.403 e. The Kier molecular flexibility index (Phi) is 3.57. The van der Waals surface area contributed by atoms with Gasteiger partial charge in [0, 0.05) is 12.0 Å². The summed E-state index contributed by atoms with van der Waals surface area (Å²) >= 11 is 0. The summed E-state index contributed by atoms with van der Waals surface area (Å²) in [6, 6.07) is 0. The second-order valence-corrected chi connectivity index (χ2v) is 7.71. The molecule has 1 aliphatic heterocycles. The molecular weight excluding hydrogens is 325 g/mol. The van der Waals surface area contributed by atoms with Crippen molar-refractivity contribution in [2.75, 3.05) is 19.7 Å². The molecule has 5 nitrogen and oxygen atoms in total. The van der Waals surface area contributed by atoms with E-state index in [1.165, 1.54) is 11.0 Å². The lowest BCUT2D eigenvalue weighted by atomic mass is 9.71. The first-order chi connectivity index (χ1) is 10.9. The van der Waals surface area contributed by atoms with E-state index in [0.29, 0.717) is 0 Å². The van der Waals surface area contributed by atoms with Crippen LogP contribution in [0.3, 0.4) is 0 Å². The van der Waals surface area contributed by atoms with E-state index in [1.807, 2.05) is 0 Å². The van der Waals surface area contributed by atoms with Gasteiger partial charge >= 0.3 is 6.18 Å². The number of allylic oxidation sites excluding steroid dienone is 1. The minimum absolute atomic E-state index is 0.0128. The van der Waals surface area contributed by atoms with E-state index >= 15 is 0 Å². The fraction of sp³-hybridized carbons (Fsp3) is 0.750. The Labute approximate surface area is 138 Å². The van der Waals surface area contributed by atoms with Crippen molar-refractivity contribution in [1.82, 2.24) is 4.90 Å². The van der Waals surface area contributed by atoms with Gasteiger partial charge in [-0.1, -0.05) is 13.8 Å². The van der Waals surface area contributed by atoms with Crippen LogP contribution in [-0.4, -0.2) is 48.1 Å². The average Bonchev–Trinajstić information content (AvgIpc) is 3.25. The summed E-state index contributed by atoms with van der Waals surface area (Å²) in [6.07, 6.45) is -3.12. The van der Waals surface area contributed by atoms with Gasteiger partial charge in [0.15, 0.2) is 5.78 Å². The normalized spacial score (nSPS) is 31.8. The van der Waals surface area contributed by atoms with Gasteiger partial charge in [-0.3, -0.25) is 9.59 Å². The van der Waals surface area contributed by atoms with E-state index in [4.69, 9.17) is 10.5 Å². The Bertz CT molecular complexity index is 623. The monoisotopic (exact) mass is 346 g/mol. The van der Waals surface area contributed by atoms with Gasteiger partial charge in [0.05, 0.1) is 18.8 Å². The minimum Gasteiger partial charge on any atom is -0.396 e. The molecule has 3 rings (SSSR count). The van der Waals surface area contributed by atoms with E-state index in [9.17, 15) is 22.8 Å². The van der Waals surface area contributed by atoms with Crippen molar-refractivity contribution in [3.05, 3.63) is 11.8 Å². The van der Waals surface area contributed by atoms with Crippen molar-refractivity contribution in [3.63, 3.8) is 0 Å². The zero-order chi connectivity index (χ0) is 18.0. The molecule has 8 heteroatoms. The van der Waals surface area contributed by atoms with Gasteiger partial charge in [-0.05, 0) is 25.3 Å². The van der Waals surface area contributed by atoms with Crippen molar-refractivity contribution < 1.29 is 27.5 Å². The molecule has 134 valence electrons. The summed E-state index contributed by atoms with van der Waals surface area (Å²) in [4.78, 5) is 25.8. The first-order valence-electron chi connectivity index (χ1n) is 7.96. The Morgan fingerprint density at radius 1 is 1.33 bits per heavy atom. The van der Waals surface area contributed by atoms with E-state index in [0.717, 1.165) is 0 Å². The van der Waals surface area contributed by atoms with Crippen molar-refractivity contribution in [3.8, 4) is 0 Å². The summed E-state index contributed by atoms with van der Waals surface area (Å²) in [5, 5.41) is 0. The highest BCUT2D eigenvalue weighted by molar-refractivity contribution is 6.00. The van der Waals surface area contributed by atoms with Crippen LogP contribution in [0.25, 0.3) is 0 Å². The number of carbonyl (C=O) groups is 2. The van der Waals surface area contributed by atoms with Crippen molar-refractivity contribution in [2.24, 2.45) is 16.6 Å². The number of alkyl halides is 3. The summed E-state index contributed by atoms with van der Waals surface area (Å²) in [5.41, 5.74) is 1.81. The Morgan fingerprint density at radius 2 is 1.96 bits per heavy atom. The van der Waals surface area contributed by atoms with Gasteiger partial charge in [0.2, 0.25) is 5.91 Å². The molecule has 1 spiro atoms. The van der Waals surface area contributed by atoms with Crippen molar-refractivity contribution in [2.45, 2.75) is 44.9 Å². The topological polar surface area (TPSA) is 72.6 Å². The van der Waals surface area contributed by atoms with Gasteiger partial charge in [-0.15, -0.1) is 0 Å². The highest BCUT2D eigenvalue weighted by atomic mass is 19.4. The number of ether oxygens (including phenoxy) is 1. The van der Waals surface area contributed by atoms with Crippen LogP contribution in [0.1, 0.15) is 33.1 Å². The zero-order valence-electron chi connectivity index (χ0n) is 13.7. The number of ketones is 1. The minimum atomic E-state index is -4.54. The molecule has 1 saturated heterocycles. The highest BCUT2D eigenvalue weighted by Gasteiger charge is 2.69. The molecule has 1 amide bonds. The van der Waals surface area contributed by atoms with Gasteiger partial charge in [-0.2, -0.15) is 13.2 Å². The van der Waals surface area contributed by atoms with Crippen LogP contribution < -0.4 is 5.73 Å². The molecule has 0 bridgehead atoms. The quantitative estimate of drug-likeness (QED) is 0.785. The number of nitrogens with zero attached hydrogens (tertiary/aromatic N) is 1. The summed E-state index contributed by atoms with van der Waals surface area (Å²) < 4.78 is 45.4. The number of hydrogen-bond acceptors (Lipinski definition) is 4. The summed E-state index contributed by atoms with van der Waals surface area (Å²) in [7, 11) is 0. The Balaban J connectivity index is 1.86. The lowest BCUT2D eigenvalue weighted by Gasteiger charge is -2.47. The SMILES string of the molecule is CC1(C)CC2(C=C(N)C1=O)CN(C(=O)C1(C(F)(F)F)CC1)CCO2. The zero-order valence-corrected chi connectivity index (χ0v) is 13.7. The number of carbonyl (C=O) groups excluding carboxylic acids is 2. The first-order valence-corrected chi connectivity index (χ1v) is 7.96. The first kappa shape index (κ1) is 17.3. The number of amides is 1. The maximum atomic E-state index is 13.2. The number of Topliss-reactive ketones (excluding diaryl/α,β-unsaturated/α-hetero) is 1. The fourth-order valence-electron chi connectivity index (χ4n) is 3.84. The third kappa shape index (κ3) is 2.51. The van der Waals surface area contributed by atoms with Crippen molar-refractivity contribution >= 4 is 11.7 Å². The van der Waals surface area contributed by atoms with Crippen LogP contribution in [0.2, 0.25) is 0 Å². The van der Waals surface area contributed by atoms with E-state index in [1.54, 1.807) is 13.8 Å². The third-order valence-corrected chi connectivity index (χ3v) is 5.24. The van der Waals surface area contributed by atoms with Crippen molar-refractivity contribution in [1.29, 1.82) is 0 Å². The summed E-state index contributed by atoms with van der Waals surface area (Å²) in [5.74, 6) is -1.10. The molecule has 3 aliphatic rings. The van der Waals surface area contributed by atoms with Crippen LogP contribution in [0.5, 0.6) is 0 Å². The predicted octanol–water partition coefficient (Wildman–Crippen LogP) is 1.77. The lowest BCUT2D eigenvalue weighted by Crippen LogP contribution is -2.59. The smallest absolute Gasteiger partial charge is 0.396 e. The standard InChI is InChI=1S/C16H21F3N2O3/c1-13(2)8-14(7-10(20)11(13)22)9-21(5-6-24-14)12(23)15(3-4-15)16(17,18)19/h7H,3-6,8-9,20H2,1-2H3. The van der Waals surface area contributed by atoms with Crippen LogP contribution in [0.4, 0.5) is 13.2 Å². The number of rotatable bonds is 1. The Morgan fingerprint density at radius 3 is 2.46 bits per heavy atom. The van der Waals surface area contributed by atoms with Crippen LogP contribution in [-0.2, 0) is 14.3 Å². The predicted molar refractivity (Wildman–Crippen MR) is 78.7 cm³/mol. The van der Waals surface area contributed by atoms with Gasteiger partial charge in [0.25, 0.3) is 0 Å². The van der Waals surface area contributed by atoms with E-state index in [2.05, 4.69) is 0 Å². The third-order valence-electron chi connectivity index (χ3n) is 5.24. The summed E-state index contributed by atoms with van der Waals surface area (Å²) in [6.45, 7) is 3.66. The highest BCUT2D eigenvalue weighted by Crippen LogP contribution is 2.59. The van der Waals surface area contributed by atoms with Gasteiger partial charge in [-0.25, -0.2) is 0 Å². The molecule has 1 saturated carbocycles. The Hall–Kier alpha value is -1.57. The molecule has 1 heterocycles. The van der Waals surface area contributed by atoms with E-state index < -0.39 is 28.5 Å². The molecule has 2 N–H and O–H groups in total. The molecule has 0 radical (unpaired) electrons. The molecule has 0 aromatic heterocycles. The molecule has 1 unspecified atom stereocenters.